The Balaban J connectivity index is 2.50. The summed E-state index contributed by atoms with van der Waals surface area (Å²) in [5, 5.41) is 13.4. The maximum absolute atomic E-state index is 10.5. The molecular weight excluding hydrogens is 252 g/mol. The number of carboxylic acids is 1. The van der Waals surface area contributed by atoms with E-state index in [1.54, 1.807) is 24.0 Å². The topological polar surface area (TPSA) is 55.1 Å². The summed E-state index contributed by atoms with van der Waals surface area (Å²) >= 11 is 5.95. The molecule has 1 aromatic carbocycles. The third-order valence-corrected chi connectivity index (χ3v) is 2.71. The third-order valence-electron chi connectivity index (χ3n) is 2.47. The molecule has 4 nitrogen and oxygen atoms in total. The first-order valence-electron chi connectivity index (χ1n) is 5.27. The van der Waals surface area contributed by atoms with Gasteiger partial charge in [-0.2, -0.15) is 5.10 Å². The number of rotatable bonds is 3. The highest BCUT2D eigenvalue weighted by Gasteiger charge is 2.09. The van der Waals surface area contributed by atoms with E-state index in [0.717, 1.165) is 22.9 Å². The highest BCUT2D eigenvalue weighted by Crippen LogP contribution is 2.26. The van der Waals surface area contributed by atoms with Crippen molar-refractivity contribution in [1.82, 2.24) is 9.78 Å². The van der Waals surface area contributed by atoms with E-state index in [1.165, 1.54) is 6.08 Å². The number of aliphatic carboxylic acids is 1. The number of halogens is 1. The van der Waals surface area contributed by atoms with Crippen molar-refractivity contribution in [3.8, 4) is 11.3 Å². The lowest BCUT2D eigenvalue weighted by molar-refractivity contribution is -0.131. The zero-order valence-corrected chi connectivity index (χ0v) is 10.4. The zero-order chi connectivity index (χ0) is 13.1. The van der Waals surface area contributed by atoms with Crippen LogP contribution in [0.15, 0.2) is 36.5 Å². The first kappa shape index (κ1) is 12.4. The van der Waals surface area contributed by atoms with Gasteiger partial charge in [-0.3, -0.25) is 4.68 Å². The van der Waals surface area contributed by atoms with Gasteiger partial charge < -0.3 is 5.11 Å². The lowest BCUT2D eigenvalue weighted by Gasteiger charge is -2.04. The van der Waals surface area contributed by atoms with Gasteiger partial charge in [-0.05, 0) is 18.2 Å². The minimum Gasteiger partial charge on any atom is -0.478 e. The predicted molar refractivity (Wildman–Crippen MR) is 70.3 cm³/mol. The lowest BCUT2D eigenvalue weighted by atomic mass is 10.1. The molecule has 0 radical (unpaired) electrons. The number of hydrogen-bond donors (Lipinski definition) is 1. The van der Waals surface area contributed by atoms with Gasteiger partial charge in [-0.15, -0.1) is 0 Å². The second-order valence-corrected chi connectivity index (χ2v) is 4.19. The average molecular weight is 263 g/mol. The van der Waals surface area contributed by atoms with Crippen molar-refractivity contribution in [3.63, 3.8) is 0 Å². The fourth-order valence-electron chi connectivity index (χ4n) is 1.73. The van der Waals surface area contributed by atoms with E-state index < -0.39 is 5.97 Å². The summed E-state index contributed by atoms with van der Waals surface area (Å²) < 4.78 is 1.69. The van der Waals surface area contributed by atoms with E-state index in [0.29, 0.717) is 5.02 Å². The van der Waals surface area contributed by atoms with Crippen LogP contribution in [0.25, 0.3) is 17.3 Å². The van der Waals surface area contributed by atoms with E-state index in [4.69, 9.17) is 16.7 Å². The quantitative estimate of drug-likeness (QED) is 0.866. The Labute approximate surface area is 109 Å². The van der Waals surface area contributed by atoms with Crippen molar-refractivity contribution in [2.75, 3.05) is 0 Å². The zero-order valence-electron chi connectivity index (χ0n) is 9.67. The van der Waals surface area contributed by atoms with E-state index in [-0.39, 0.29) is 0 Å². The fourth-order valence-corrected chi connectivity index (χ4v) is 1.92. The Bertz CT molecular complexity index is 617. The Morgan fingerprint density at radius 3 is 2.94 bits per heavy atom. The van der Waals surface area contributed by atoms with Crippen LogP contribution in [0.3, 0.4) is 0 Å². The van der Waals surface area contributed by atoms with Crippen LogP contribution >= 0.6 is 11.6 Å². The molecule has 92 valence electrons. The highest BCUT2D eigenvalue weighted by molar-refractivity contribution is 6.30. The Morgan fingerprint density at radius 2 is 2.28 bits per heavy atom. The molecule has 2 aromatic rings. The number of hydrogen-bond acceptors (Lipinski definition) is 2. The van der Waals surface area contributed by atoms with Gasteiger partial charge in [0.2, 0.25) is 0 Å². The number of carbonyl (C=O) groups is 1. The van der Waals surface area contributed by atoms with Crippen LogP contribution in [-0.4, -0.2) is 20.9 Å². The van der Waals surface area contributed by atoms with Crippen LogP contribution in [0.4, 0.5) is 0 Å². The van der Waals surface area contributed by atoms with Gasteiger partial charge in [0, 0.05) is 29.3 Å². The lowest BCUT2D eigenvalue weighted by Crippen LogP contribution is -1.94. The molecule has 0 unspecified atom stereocenters. The molecule has 0 saturated heterocycles. The molecule has 1 aromatic heterocycles. The minimum atomic E-state index is -0.990. The number of aryl methyl sites for hydroxylation is 1. The normalized spacial score (nSPS) is 11.0. The van der Waals surface area contributed by atoms with Crippen molar-refractivity contribution >= 4 is 23.6 Å². The van der Waals surface area contributed by atoms with Gasteiger partial charge in [0.25, 0.3) is 0 Å². The molecule has 0 aliphatic rings. The Morgan fingerprint density at radius 1 is 1.50 bits per heavy atom. The SMILES string of the molecule is Cn1ncc(/C=C/C(=O)O)c1-c1cccc(Cl)c1. The standard InChI is InChI=1S/C13H11ClN2O2/c1-16-13(9-3-2-4-11(14)7-9)10(8-15-16)5-6-12(17)18/h2-8H,1H3,(H,17,18)/b6-5+. The second-order valence-electron chi connectivity index (χ2n) is 3.75. The Hall–Kier alpha value is -2.07. The van der Waals surface area contributed by atoms with Crippen molar-refractivity contribution < 1.29 is 9.90 Å². The van der Waals surface area contributed by atoms with Crippen molar-refractivity contribution in [2.45, 2.75) is 0 Å². The van der Waals surface area contributed by atoms with Crippen LogP contribution in [0.1, 0.15) is 5.56 Å². The Kier molecular flexibility index (Phi) is 3.48. The van der Waals surface area contributed by atoms with Crippen molar-refractivity contribution in [1.29, 1.82) is 0 Å². The van der Waals surface area contributed by atoms with E-state index >= 15 is 0 Å². The van der Waals surface area contributed by atoms with Crippen LogP contribution in [0, 0.1) is 0 Å². The maximum Gasteiger partial charge on any atom is 0.328 e. The largest absolute Gasteiger partial charge is 0.478 e. The molecule has 1 N–H and O–H groups in total. The summed E-state index contributed by atoms with van der Waals surface area (Å²) in [5.74, 6) is -0.990. The monoisotopic (exact) mass is 262 g/mol. The van der Waals surface area contributed by atoms with Crippen LogP contribution in [0.2, 0.25) is 5.02 Å². The predicted octanol–water partition coefficient (Wildman–Crippen LogP) is 2.84. The van der Waals surface area contributed by atoms with Gasteiger partial charge in [0.15, 0.2) is 0 Å². The number of nitrogens with zero attached hydrogens (tertiary/aromatic N) is 2. The second kappa shape index (κ2) is 5.06. The molecule has 0 bridgehead atoms. The molecule has 0 fully saturated rings. The molecule has 2 rings (SSSR count). The van der Waals surface area contributed by atoms with Gasteiger partial charge in [-0.1, -0.05) is 23.7 Å². The molecule has 0 aliphatic carbocycles. The molecule has 5 heteroatoms. The number of carboxylic acid groups (broad SMARTS) is 1. The van der Waals surface area contributed by atoms with Crippen molar-refractivity contribution in [3.05, 3.63) is 47.1 Å². The summed E-state index contributed by atoms with van der Waals surface area (Å²) in [7, 11) is 1.80. The highest BCUT2D eigenvalue weighted by atomic mass is 35.5. The summed E-state index contributed by atoms with van der Waals surface area (Å²) in [6.07, 6.45) is 4.23. The average Bonchev–Trinajstić information content (AvgIpc) is 2.68. The molecule has 0 aliphatic heterocycles. The molecule has 0 amide bonds. The van der Waals surface area contributed by atoms with E-state index in [9.17, 15) is 4.79 Å². The molecule has 0 spiro atoms. The molecule has 18 heavy (non-hydrogen) atoms. The minimum absolute atomic E-state index is 0.627. The number of benzene rings is 1. The summed E-state index contributed by atoms with van der Waals surface area (Å²) in [6.45, 7) is 0. The van der Waals surface area contributed by atoms with Gasteiger partial charge in [0.1, 0.15) is 0 Å². The summed E-state index contributed by atoms with van der Waals surface area (Å²) in [5.41, 5.74) is 2.46. The first-order chi connectivity index (χ1) is 8.58. The maximum atomic E-state index is 10.5. The molecular formula is C13H11ClN2O2. The third kappa shape index (κ3) is 2.60. The smallest absolute Gasteiger partial charge is 0.328 e. The molecule has 0 atom stereocenters. The fraction of sp³-hybridized carbons (Fsp3) is 0.0769. The van der Waals surface area contributed by atoms with Crippen LogP contribution < -0.4 is 0 Å². The summed E-state index contributed by atoms with van der Waals surface area (Å²) in [6, 6.07) is 7.35. The molecule has 1 heterocycles. The first-order valence-corrected chi connectivity index (χ1v) is 5.64. The van der Waals surface area contributed by atoms with Gasteiger partial charge >= 0.3 is 5.97 Å². The van der Waals surface area contributed by atoms with Crippen LogP contribution in [-0.2, 0) is 11.8 Å². The van der Waals surface area contributed by atoms with Gasteiger partial charge in [-0.25, -0.2) is 4.79 Å². The van der Waals surface area contributed by atoms with E-state index in [2.05, 4.69) is 5.10 Å². The molecule has 0 saturated carbocycles. The summed E-state index contributed by atoms with van der Waals surface area (Å²) in [4.78, 5) is 10.5. The van der Waals surface area contributed by atoms with Gasteiger partial charge in [0.05, 0.1) is 11.9 Å². The van der Waals surface area contributed by atoms with Crippen LogP contribution in [0.5, 0.6) is 0 Å². The van der Waals surface area contributed by atoms with E-state index in [1.807, 2.05) is 18.2 Å². The number of aromatic nitrogens is 2. The van der Waals surface area contributed by atoms with Crippen molar-refractivity contribution in [2.24, 2.45) is 7.05 Å².